The monoisotopic (exact) mass is 217 g/mol. The van der Waals surface area contributed by atoms with Crippen LogP contribution in [0, 0.1) is 5.41 Å². The molecule has 0 aromatic heterocycles. The summed E-state index contributed by atoms with van der Waals surface area (Å²) in [5.41, 5.74) is 3.32. The molecule has 0 spiro atoms. The fourth-order valence-corrected chi connectivity index (χ4v) is 0.866. The van der Waals surface area contributed by atoms with E-state index in [9.17, 15) is 9.59 Å². The van der Waals surface area contributed by atoms with E-state index in [0.717, 1.165) is 0 Å². The van der Waals surface area contributed by atoms with Gasteiger partial charge in [0.1, 0.15) is 5.60 Å². The first kappa shape index (κ1) is 13.9. The Morgan fingerprint density at radius 2 is 1.60 bits per heavy atom. The zero-order chi connectivity index (χ0) is 12.3. The van der Waals surface area contributed by atoms with Crippen molar-refractivity contribution in [3.05, 3.63) is 0 Å². The van der Waals surface area contributed by atoms with Gasteiger partial charge >= 0.3 is 11.9 Å². The molecule has 0 aromatic carbocycles. The Bertz CT molecular complexity index is 257. The van der Waals surface area contributed by atoms with Crippen molar-refractivity contribution >= 4 is 11.9 Å². The number of rotatable bonds is 3. The Morgan fingerprint density at radius 1 is 1.13 bits per heavy atom. The SMILES string of the molecule is COC(=O)C(C)(CN)C(=O)OC(C)(C)C. The zero-order valence-electron chi connectivity index (χ0n) is 9.92. The molecule has 0 aromatic rings. The Morgan fingerprint density at radius 3 is 1.87 bits per heavy atom. The number of carbonyl (C=O) groups is 2. The first-order valence-electron chi connectivity index (χ1n) is 4.69. The van der Waals surface area contributed by atoms with Gasteiger partial charge in [0.05, 0.1) is 7.11 Å². The van der Waals surface area contributed by atoms with Crippen LogP contribution in [0.4, 0.5) is 0 Å². The summed E-state index contributed by atoms with van der Waals surface area (Å²) in [6, 6.07) is 0. The average molecular weight is 217 g/mol. The molecule has 0 saturated carbocycles. The lowest BCUT2D eigenvalue weighted by Gasteiger charge is -2.28. The maximum atomic E-state index is 11.7. The van der Waals surface area contributed by atoms with Gasteiger partial charge < -0.3 is 15.2 Å². The largest absolute Gasteiger partial charge is 0.468 e. The molecule has 0 saturated heterocycles. The molecular formula is C10H19NO4. The van der Waals surface area contributed by atoms with Gasteiger partial charge in [-0.3, -0.25) is 9.59 Å². The van der Waals surface area contributed by atoms with Gasteiger partial charge in [-0.25, -0.2) is 0 Å². The smallest absolute Gasteiger partial charge is 0.325 e. The van der Waals surface area contributed by atoms with Gasteiger partial charge in [0.25, 0.3) is 0 Å². The van der Waals surface area contributed by atoms with Crippen molar-refractivity contribution in [2.75, 3.05) is 13.7 Å². The van der Waals surface area contributed by atoms with E-state index in [1.54, 1.807) is 20.8 Å². The second kappa shape index (κ2) is 4.61. The highest BCUT2D eigenvalue weighted by Crippen LogP contribution is 2.22. The average Bonchev–Trinajstić information content (AvgIpc) is 2.12. The van der Waals surface area contributed by atoms with Crippen molar-refractivity contribution in [1.29, 1.82) is 0 Å². The van der Waals surface area contributed by atoms with E-state index in [1.807, 2.05) is 0 Å². The van der Waals surface area contributed by atoms with Crippen molar-refractivity contribution in [3.63, 3.8) is 0 Å². The molecule has 0 radical (unpaired) electrons. The minimum absolute atomic E-state index is 0.144. The first-order valence-corrected chi connectivity index (χ1v) is 4.69. The lowest BCUT2D eigenvalue weighted by atomic mass is 9.91. The van der Waals surface area contributed by atoms with Gasteiger partial charge in [-0.15, -0.1) is 0 Å². The minimum atomic E-state index is -1.43. The molecule has 0 aliphatic rings. The topological polar surface area (TPSA) is 78.6 Å². The highest BCUT2D eigenvalue weighted by atomic mass is 16.6. The Balaban J connectivity index is 4.82. The van der Waals surface area contributed by atoms with Crippen LogP contribution in [-0.2, 0) is 19.1 Å². The molecule has 0 heterocycles. The summed E-state index contributed by atoms with van der Waals surface area (Å²) in [4.78, 5) is 23.1. The van der Waals surface area contributed by atoms with E-state index in [1.165, 1.54) is 14.0 Å². The van der Waals surface area contributed by atoms with Crippen LogP contribution >= 0.6 is 0 Å². The van der Waals surface area contributed by atoms with Gasteiger partial charge in [-0.05, 0) is 27.7 Å². The molecule has 0 fully saturated rings. The summed E-state index contributed by atoms with van der Waals surface area (Å²) >= 11 is 0. The number of hydrogen-bond acceptors (Lipinski definition) is 5. The van der Waals surface area contributed by atoms with Gasteiger partial charge in [0.2, 0.25) is 0 Å². The predicted molar refractivity (Wildman–Crippen MR) is 55.0 cm³/mol. The molecule has 0 amide bonds. The fourth-order valence-electron chi connectivity index (χ4n) is 0.866. The number of methoxy groups -OCH3 is 1. The highest BCUT2D eigenvalue weighted by molar-refractivity contribution is 6.00. The molecule has 5 heteroatoms. The summed E-state index contributed by atoms with van der Waals surface area (Å²) in [5.74, 6) is -1.34. The first-order chi connectivity index (χ1) is 6.67. The van der Waals surface area contributed by atoms with Crippen LogP contribution in [-0.4, -0.2) is 31.2 Å². The minimum Gasteiger partial charge on any atom is -0.468 e. The summed E-state index contributed by atoms with van der Waals surface area (Å²) in [6.45, 7) is 6.43. The van der Waals surface area contributed by atoms with Gasteiger partial charge in [0.15, 0.2) is 5.41 Å². The highest BCUT2D eigenvalue weighted by Gasteiger charge is 2.44. The number of esters is 2. The van der Waals surface area contributed by atoms with Crippen molar-refractivity contribution in [2.45, 2.75) is 33.3 Å². The van der Waals surface area contributed by atoms with Gasteiger partial charge in [0, 0.05) is 6.54 Å². The van der Waals surface area contributed by atoms with Crippen molar-refractivity contribution < 1.29 is 19.1 Å². The Hall–Kier alpha value is -1.10. The van der Waals surface area contributed by atoms with Gasteiger partial charge in [-0.2, -0.15) is 0 Å². The quantitative estimate of drug-likeness (QED) is 0.549. The molecule has 1 unspecified atom stereocenters. The molecule has 0 aliphatic carbocycles. The third-order valence-electron chi connectivity index (χ3n) is 1.89. The number of hydrogen-bond donors (Lipinski definition) is 1. The fraction of sp³-hybridized carbons (Fsp3) is 0.800. The molecule has 88 valence electrons. The van der Waals surface area contributed by atoms with Gasteiger partial charge in [-0.1, -0.05) is 0 Å². The standard InChI is InChI=1S/C10H19NO4/c1-9(2,3)15-8(13)10(4,6-11)7(12)14-5/h6,11H2,1-5H3. The van der Waals surface area contributed by atoms with Crippen molar-refractivity contribution in [3.8, 4) is 0 Å². The number of ether oxygens (including phenoxy) is 2. The van der Waals surface area contributed by atoms with E-state index in [4.69, 9.17) is 10.5 Å². The van der Waals surface area contributed by atoms with Crippen LogP contribution in [0.1, 0.15) is 27.7 Å². The second-order valence-corrected chi connectivity index (χ2v) is 4.53. The molecule has 0 bridgehead atoms. The van der Waals surface area contributed by atoms with Crippen LogP contribution in [0.25, 0.3) is 0 Å². The summed E-state index contributed by atoms with van der Waals surface area (Å²) in [6.07, 6.45) is 0. The van der Waals surface area contributed by atoms with E-state index in [-0.39, 0.29) is 6.54 Å². The molecule has 2 N–H and O–H groups in total. The van der Waals surface area contributed by atoms with Crippen LogP contribution in [0.2, 0.25) is 0 Å². The number of carbonyl (C=O) groups excluding carboxylic acids is 2. The molecule has 5 nitrogen and oxygen atoms in total. The lowest BCUT2D eigenvalue weighted by molar-refractivity contribution is -0.176. The molecular weight excluding hydrogens is 198 g/mol. The lowest BCUT2D eigenvalue weighted by Crippen LogP contribution is -2.47. The summed E-state index contributed by atoms with van der Waals surface area (Å²) < 4.78 is 9.62. The summed E-state index contributed by atoms with van der Waals surface area (Å²) in [5, 5.41) is 0. The Kier molecular flexibility index (Phi) is 4.27. The van der Waals surface area contributed by atoms with Crippen LogP contribution in [0.5, 0.6) is 0 Å². The van der Waals surface area contributed by atoms with Crippen LogP contribution < -0.4 is 5.73 Å². The van der Waals surface area contributed by atoms with Crippen molar-refractivity contribution in [2.24, 2.45) is 11.1 Å². The molecule has 15 heavy (non-hydrogen) atoms. The van der Waals surface area contributed by atoms with Crippen molar-refractivity contribution in [1.82, 2.24) is 0 Å². The molecule has 0 aliphatic heterocycles. The molecule has 1 atom stereocenters. The van der Waals surface area contributed by atoms with Crippen LogP contribution in [0.3, 0.4) is 0 Å². The van der Waals surface area contributed by atoms with E-state index in [2.05, 4.69) is 4.74 Å². The second-order valence-electron chi connectivity index (χ2n) is 4.53. The van der Waals surface area contributed by atoms with E-state index >= 15 is 0 Å². The van der Waals surface area contributed by atoms with Crippen LogP contribution in [0.15, 0.2) is 0 Å². The third-order valence-corrected chi connectivity index (χ3v) is 1.89. The maximum absolute atomic E-state index is 11.7. The summed E-state index contributed by atoms with van der Waals surface area (Å²) in [7, 11) is 1.21. The third kappa shape index (κ3) is 3.51. The maximum Gasteiger partial charge on any atom is 0.325 e. The Labute approximate surface area is 89.9 Å². The predicted octanol–water partition coefficient (Wildman–Crippen LogP) is 0.466. The van der Waals surface area contributed by atoms with E-state index < -0.39 is 23.0 Å². The zero-order valence-corrected chi connectivity index (χ0v) is 9.92. The molecule has 0 rings (SSSR count). The normalized spacial score (nSPS) is 15.3. The van der Waals surface area contributed by atoms with E-state index in [0.29, 0.717) is 0 Å². The number of nitrogens with two attached hydrogens (primary N) is 1.